The Morgan fingerprint density at radius 1 is 1.26 bits per heavy atom. The summed E-state index contributed by atoms with van der Waals surface area (Å²) in [6, 6.07) is 6.31. The van der Waals surface area contributed by atoms with E-state index in [2.05, 4.69) is 32.9 Å². The van der Waals surface area contributed by atoms with Gasteiger partial charge in [0, 0.05) is 18.6 Å². The van der Waals surface area contributed by atoms with Gasteiger partial charge in [-0.05, 0) is 68.6 Å². The number of alkyl halides is 2. The molecule has 0 heterocycles. The van der Waals surface area contributed by atoms with Gasteiger partial charge in [0.05, 0.1) is 5.69 Å². The smallest absolute Gasteiger partial charge is 0.248 e. The van der Waals surface area contributed by atoms with Crippen LogP contribution >= 0.6 is 0 Å². The maximum atomic E-state index is 13.8. The molecule has 23 heavy (non-hydrogen) atoms. The molecule has 2 rings (SSSR count). The van der Waals surface area contributed by atoms with Gasteiger partial charge in [-0.25, -0.2) is 8.78 Å². The summed E-state index contributed by atoms with van der Waals surface area (Å²) in [4.78, 5) is 4.72. The summed E-state index contributed by atoms with van der Waals surface area (Å²) in [5.74, 6) is -2.21. The first-order valence-electron chi connectivity index (χ1n) is 8.97. The molecule has 0 spiro atoms. The summed E-state index contributed by atoms with van der Waals surface area (Å²) >= 11 is 0. The predicted octanol–water partition coefficient (Wildman–Crippen LogP) is 6.65. The van der Waals surface area contributed by atoms with Crippen molar-refractivity contribution in [3.05, 3.63) is 29.3 Å². The second-order valence-corrected chi connectivity index (χ2v) is 6.86. The van der Waals surface area contributed by atoms with Gasteiger partial charge < -0.3 is 0 Å². The van der Waals surface area contributed by atoms with E-state index in [0.29, 0.717) is 12.8 Å². The average molecular weight is 321 g/mol. The lowest BCUT2D eigenvalue weighted by molar-refractivity contribution is -0.0225. The van der Waals surface area contributed by atoms with Gasteiger partial charge in [0.1, 0.15) is 0 Å². The molecule has 0 saturated heterocycles. The maximum Gasteiger partial charge on any atom is 0.248 e. The number of hydrogen-bond acceptors (Lipinski definition) is 1. The summed E-state index contributed by atoms with van der Waals surface area (Å²) in [6.07, 6.45) is 5.10. The molecule has 0 radical (unpaired) electrons. The molecule has 1 aliphatic carbocycles. The van der Waals surface area contributed by atoms with Crippen LogP contribution in [0.3, 0.4) is 0 Å². The molecule has 0 amide bonds. The summed E-state index contributed by atoms with van der Waals surface area (Å²) < 4.78 is 27.6. The SMILES string of the molecule is CCC(CCCC(F)(F)CC1CC1)=Nc1ccc(CC)cc1C. The zero-order chi connectivity index (χ0) is 16.9. The lowest BCUT2D eigenvalue weighted by Crippen LogP contribution is -2.17. The lowest BCUT2D eigenvalue weighted by Gasteiger charge is -2.16. The molecule has 1 aromatic rings. The summed E-state index contributed by atoms with van der Waals surface area (Å²) in [5.41, 5.74) is 4.47. The maximum absolute atomic E-state index is 13.8. The first-order valence-corrected chi connectivity index (χ1v) is 8.97. The third kappa shape index (κ3) is 6.04. The Kier molecular flexibility index (Phi) is 6.32. The van der Waals surface area contributed by atoms with Gasteiger partial charge >= 0.3 is 0 Å². The Morgan fingerprint density at radius 3 is 2.57 bits per heavy atom. The fourth-order valence-electron chi connectivity index (χ4n) is 2.94. The van der Waals surface area contributed by atoms with Gasteiger partial charge in [-0.15, -0.1) is 0 Å². The van der Waals surface area contributed by atoms with E-state index in [1.807, 2.05) is 6.07 Å². The molecule has 1 saturated carbocycles. The van der Waals surface area contributed by atoms with E-state index in [1.165, 1.54) is 5.56 Å². The quantitative estimate of drug-likeness (QED) is 0.452. The number of aryl methyl sites for hydroxylation is 2. The van der Waals surface area contributed by atoms with Crippen molar-refractivity contribution in [3.8, 4) is 0 Å². The molecule has 128 valence electrons. The van der Waals surface area contributed by atoms with E-state index in [-0.39, 0.29) is 18.8 Å². The molecule has 1 aromatic carbocycles. The Labute approximate surface area is 139 Å². The van der Waals surface area contributed by atoms with Gasteiger partial charge in [-0.1, -0.05) is 26.0 Å². The molecular weight excluding hydrogens is 292 g/mol. The van der Waals surface area contributed by atoms with E-state index in [9.17, 15) is 8.78 Å². The fraction of sp³-hybridized carbons (Fsp3) is 0.650. The minimum atomic E-state index is -2.49. The summed E-state index contributed by atoms with van der Waals surface area (Å²) in [5, 5.41) is 0. The minimum absolute atomic E-state index is 0.00370. The Morgan fingerprint density at radius 2 is 2.00 bits per heavy atom. The van der Waals surface area contributed by atoms with E-state index in [0.717, 1.165) is 42.6 Å². The van der Waals surface area contributed by atoms with Crippen LogP contribution in [0.4, 0.5) is 14.5 Å². The molecule has 0 aromatic heterocycles. The van der Waals surface area contributed by atoms with Crippen LogP contribution in [0.15, 0.2) is 23.2 Å². The van der Waals surface area contributed by atoms with Crippen LogP contribution in [0, 0.1) is 12.8 Å². The van der Waals surface area contributed by atoms with Crippen LogP contribution in [0.1, 0.15) is 69.9 Å². The van der Waals surface area contributed by atoms with E-state index >= 15 is 0 Å². The second-order valence-electron chi connectivity index (χ2n) is 6.86. The first-order chi connectivity index (χ1) is 10.9. The lowest BCUT2D eigenvalue weighted by atomic mass is 10.0. The normalized spacial score (nSPS) is 16.0. The fourth-order valence-corrected chi connectivity index (χ4v) is 2.94. The van der Waals surface area contributed by atoms with E-state index in [4.69, 9.17) is 4.99 Å². The third-order valence-electron chi connectivity index (χ3n) is 4.65. The number of halogens is 2. The molecule has 1 aliphatic rings. The molecule has 0 bridgehead atoms. The van der Waals surface area contributed by atoms with E-state index in [1.54, 1.807) is 0 Å². The van der Waals surface area contributed by atoms with Gasteiger partial charge in [0.25, 0.3) is 0 Å². The summed E-state index contributed by atoms with van der Waals surface area (Å²) in [7, 11) is 0. The van der Waals surface area contributed by atoms with Gasteiger partial charge in [-0.3, -0.25) is 4.99 Å². The van der Waals surface area contributed by atoms with Crippen molar-refractivity contribution in [1.29, 1.82) is 0 Å². The number of aliphatic imine (C=N–C) groups is 1. The number of benzene rings is 1. The highest BCUT2D eigenvalue weighted by Gasteiger charge is 2.36. The van der Waals surface area contributed by atoms with Gasteiger partial charge in [0.2, 0.25) is 5.92 Å². The van der Waals surface area contributed by atoms with Crippen molar-refractivity contribution in [2.75, 3.05) is 0 Å². The van der Waals surface area contributed by atoms with Gasteiger partial charge in [-0.2, -0.15) is 0 Å². The second kappa shape index (κ2) is 8.03. The monoisotopic (exact) mass is 321 g/mol. The molecule has 0 unspecified atom stereocenters. The highest BCUT2D eigenvalue weighted by molar-refractivity contribution is 5.87. The van der Waals surface area contributed by atoms with Crippen molar-refractivity contribution in [1.82, 2.24) is 0 Å². The molecule has 3 heteroatoms. The standard InChI is InChI=1S/C20H29F2N/c1-4-16-10-11-19(15(3)13-16)23-18(5-2)7-6-12-20(21,22)14-17-8-9-17/h10-11,13,17H,4-9,12,14H2,1-3H3. The molecule has 1 nitrogen and oxygen atoms in total. The third-order valence-corrected chi connectivity index (χ3v) is 4.65. The van der Waals surface area contributed by atoms with Crippen molar-refractivity contribution in [2.45, 2.75) is 78.1 Å². The van der Waals surface area contributed by atoms with Crippen molar-refractivity contribution >= 4 is 11.4 Å². The van der Waals surface area contributed by atoms with Crippen LogP contribution in [0.2, 0.25) is 0 Å². The molecule has 0 N–H and O–H groups in total. The number of hydrogen-bond donors (Lipinski definition) is 0. The zero-order valence-corrected chi connectivity index (χ0v) is 14.7. The van der Waals surface area contributed by atoms with Crippen molar-refractivity contribution in [2.24, 2.45) is 10.9 Å². The molecule has 0 atom stereocenters. The van der Waals surface area contributed by atoms with Crippen LogP contribution in [-0.2, 0) is 6.42 Å². The van der Waals surface area contributed by atoms with Crippen LogP contribution in [0.25, 0.3) is 0 Å². The van der Waals surface area contributed by atoms with Crippen LogP contribution in [0.5, 0.6) is 0 Å². The van der Waals surface area contributed by atoms with Crippen molar-refractivity contribution < 1.29 is 8.78 Å². The van der Waals surface area contributed by atoms with Crippen LogP contribution in [-0.4, -0.2) is 11.6 Å². The Bertz CT molecular complexity index is 545. The Hall–Kier alpha value is -1.25. The first kappa shape index (κ1) is 18.1. The topological polar surface area (TPSA) is 12.4 Å². The largest absolute Gasteiger partial charge is 0.258 e. The molecule has 0 aliphatic heterocycles. The predicted molar refractivity (Wildman–Crippen MR) is 94.1 cm³/mol. The number of rotatable bonds is 9. The van der Waals surface area contributed by atoms with Crippen molar-refractivity contribution in [3.63, 3.8) is 0 Å². The molecule has 1 fully saturated rings. The average Bonchev–Trinajstić information content (AvgIpc) is 3.30. The van der Waals surface area contributed by atoms with Crippen LogP contribution < -0.4 is 0 Å². The number of nitrogens with zero attached hydrogens (tertiary/aromatic N) is 1. The van der Waals surface area contributed by atoms with E-state index < -0.39 is 5.92 Å². The van der Waals surface area contributed by atoms with Gasteiger partial charge in [0.15, 0.2) is 0 Å². The minimum Gasteiger partial charge on any atom is -0.258 e. The Balaban J connectivity index is 1.91. The molecular formula is C20H29F2N. The highest BCUT2D eigenvalue weighted by atomic mass is 19.3. The highest BCUT2D eigenvalue weighted by Crippen LogP contribution is 2.41. The summed E-state index contributed by atoms with van der Waals surface area (Å²) in [6.45, 7) is 6.25. The zero-order valence-electron chi connectivity index (χ0n) is 14.7.